The van der Waals surface area contributed by atoms with Crippen molar-refractivity contribution in [2.45, 2.75) is 13.3 Å². The average molecular weight is 338 g/mol. The van der Waals surface area contributed by atoms with Crippen molar-refractivity contribution in [3.8, 4) is 0 Å². The summed E-state index contributed by atoms with van der Waals surface area (Å²) in [5, 5.41) is 8.76. The fourth-order valence-electron chi connectivity index (χ4n) is 1.65. The maximum Gasteiger partial charge on any atom is 0.414 e. The number of carbonyl (C=O) groups excluding carboxylic acids is 3. The number of nitrogens with one attached hydrogen (secondary N) is 2. The lowest BCUT2D eigenvalue weighted by molar-refractivity contribution is -0.115. The van der Waals surface area contributed by atoms with Crippen molar-refractivity contribution in [3.05, 3.63) is 39.4 Å². The van der Waals surface area contributed by atoms with Crippen LogP contribution in [0.15, 0.2) is 29.0 Å². The van der Waals surface area contributed by atoms with Crippen molar-refractivity contribution in [3.63, 3.8) is 0 Å². The van der Waals surface area contributed by atoms with Gasteiger partial charge < -0.3 is 10.1 Å². The Kier molecular flexibility index (Phi) is 5.68. The van der Waals surface area contributed by atoms with Crippen LogP contribution < -0.4 is 10.6 Å². The van der Waals surface area contributed by atoms with Gasteiger partial charge in [0.1, 0.15) is 5.00 Å². The molecule has 0 saturated heterocycles. The molecule has 0 fully saturated rings. The highest BCUT2D eigenvalue weighted by atomic mass is 32.1. The third kappa shape index (κ3) is 4.40. The third-order valence-corrected chi connectivity index (χ3v) is 4.27. The van der Waals surface area contributed by atoms with Gasteiger partial charge in [0, 0.05) is 4.88 Å². The van der Waals surface area contributed by atoms with Gasteiger partial charge in [-0.3, -0.25) is 14.9 Å². The number of hydrogen-bond acceptors (Lipinski definition) is 6. The Balaban J connectivity index is 1.98. The van der Waals surface area contributed by atoms with Crippen molar-refractivity contribution in [1.82, 2.24) is 5.32 Å². The zero-order chi connectivity index (χ0) is 15.9. The lowest BCUT2D eigenvalue weighted by Gasteiger charge is -2.06. The maximum atomic E-state index is 12.0. The minimum atomic E-state index is -0.811. The van der Waals surface area contributed by atoms with Crippen LogP contribution in [0.3, 0.4) is 0 Å². The number of rotatable bonds is 5. The van der Waals surface area contributed by atoms with E-state index >= 15 is 0 Å². The molecule has 2 aromatic rings. The summed E-state index contributed by atoms with van der Waals surface area (Å²) in [5.41, 5.74) is 0.234. The first-order valence-electron chi connectivity index (χ1n) is 6.48. The number of hydrogen-bond donors (Lipinski definition) is 2. The first kappa shape index (κ1) is 16.2. The van der Waals surface area contributed by atoms with Crippen LogP contribution in [0.25, 0.3) is 0 Å². The molecule has 0 radical (unpaired) electrons. The van der Waals surface area contributed by atoms with Gasteiger partial charge in [-0.25, -0.2) is 4.79 Å². The molecule has 0 atom stereocenters. The van der Waals surface area contributed by atoms with Gasteiger partial charge in [0.15, 0.2) is 0 Å². The van der Waals surface area contributed by atoms with Gasteiger partial charge in [-0.1, -0.05) is 6.07 Å². The number of imide groups is 1. The second-order valence-corrected chi connectivity index (χ2v) is 6.09. The molecule has 0 unspecified atom stereocenters. The monoisotopic (exact) mass is 338 g/mol. The van der Waals surface area contributed by atoms with Gasteiger partial charge >= 0.3 is 6.09 Å². The van der Waals surface area contributed by atoms with E-state index in [1.165, 1.54) is 22.7 Å². The number of thiophene rings is 2. The standard InChI is InChI=1S/C14H14N2O4S2/c1-2-20-14(19)16-12(18)10-5-7-22-13(10)15-11(17)8-9-4-3-6-21-9/h3-7H,2,8H2,1H3,(H,15,17)(H,16,18,19). The lowest BCUT2D eigenvalue weighted by atomic mass is 10.3. The molecule has 0 aliphatic carbocycles. The number of alkyl carbamates (subject to hydrolysis) is 1. The Bertz CT molecular complexity index is 664. The van der Waals surface area contributed by atoms with Gasteiger partial charge in [-0.05, 0) is 29.8 Å². The number of anilines is 1. The van der Waals surface area contributed by atoms with Crippen LogP contribution in [-0.4, -0.2) is 24.5 Å². The van der Waals surface area contributed by atoms with E-state index < -0.39 is 12.0 Å². The normalized spacial score (nSPS) is 10.0. The summed E-state index contributed by atoms with van der Waals surface area (Å²) in [6.07, 6.45) is -0.566. The van der Waals surface area contributed by atoms with E-state index in [2.05, 4.69) is 15.4 Å². The molecule has 116 valence electrons. The fraction of sp³-hybridized carbons (Fsp3) is 0.214. The molecule has 3 amide bonds. The van der Waals surface area contributed by atoms with Gasteiger partial charge in [0.25, 0.3) is 5.91 Å². The molecule has 0 bridgehead atoms. The molecule has 0 aliphatic heterocycles. The molecule has 0 aromatic carbocycles. The predicted octanol–water partition coefficient (Wildman–Crippen LogP) is 2.88. The highest BCUT2D eigenvalue weighted by Gasteiger charge is 2.17. The summed E-state index contributed by atoms with van der Waals surface area (Å²) in [5.74, 6) is -0.818. The van der Waals surface area contributed by atoms with Crippen molar-refractivity contribution in [2.24, 2.45) is 0 Å². The van der Waals surface area contributed by atoms with Crippen LogP contribution >= 0.6 is 22.7 Å². The van der Waals surface area contributed by atoms with E-state index in [1.807, 2.05) is 17.5 Å². The molecule has 22 heavy (non-hydrogen) atoms. The van der Waals surface area contributed by atoms with Gasteiger partial charge in [0.05, 0.1) is 18.6 Å². The van der Waals surface area contributed by atoms with Gasteiger partial charge in [0.2, 0.25) is 5.91 Å². The SMILES string of the molecule is CCOC(=O)NC(=O)c1ccsc1NC(=O)Cc1cccs1. The Hall–Kier alpha value is -2.19. The lowest BCUT2D eigenvalue weighted by Crippen LogP contribution is -2.31. The van der Waals surface area contributed by atoms with E-state index in [0.29, 0.717) is 5.00 Å². The molecule has 2 rings (SSSR count). The molecule has 8 heteroatoms. The summed E-state index contributed by atoms with van der Waals surface area (Å²) >= 11 is 2.71. The highest BCUT2D eigenvalue weighted by Crippen LogP contribution is 2.23. The van der Waals surface area contributed by atoms with Crippen molar-refractivity contribution in [1.29, 1.82) is 0 Å². The van der Waals surface area contributed by atoms with Crippen LogP contribution in [-0.2, 0) is 16.0 Å². The largest absolute Gasteiger partial charge is 0.450 e. The fourth-order valence-corrected chi connectivity index (χ4v) is 3.16. The van der Waals surface area contributed by atoms with E-state index in [4.69, 9.17) is 0 Å². The Morgan fingerprint density at radius 2 is 2.00 bits per heavy atom. The Morgan fingerprint density at radius 1 is 1.18 bits per heavy atom. The van der Waals surface area contributed by atoms with E-state index in [0.717, 1.165) is 4.88 Å². The zero-order valence-corrected chi connectivity index (χ0v) is 13.4. The summed E-state index contributed by atoms with van der Waals surface area (Å²) in [6, 6.07) is 5.28. The molecule has 0 saturated carbocycles. The Morgan fingerprint density at radius 3 is 2.68 bits per heavy atom. The molecule has 2 heterocycles. The molecule has 0 aliphatic rings. The van der Waals surface area contributed by atoms with Crippen LogP contribution in [0, 0.1) is 0 Å². The minimum Gasteiger partial charge on any atom is -0.450 e. The Labute approximate surface area is 135 Å². The second kappa shape index (κ2) is 7.71. The van der Waals surface area contributed by atoms with Crippen molar-refractivity contribution in [2.75, 3.05) is 11.9 Å². The van der Waals surface area contributed by atoms with Gasteiger partial charge in [-0.15, -0.1) is 22.7 Å². The second-order valence-electron chi connectivity index (χ2n) is 4.14. The zero-order valence-electron chi connectivity index (χ0n) is 11.8. The number of ether oxygens (including phenoxy) is 1. The van der Waals surface area contributed by atoms with Crippen LogP contribution in [0.1, 0.15) is 22.2 Å². The smallest absolute Gasteiger partial charge is 0.414 e. The quantitative estimate of drug-likeness (QED) is 0.878. The van der Waals surface area contributed by atoms with E-state index in [1.54, 1.807) is 18.4 Å². The number of amides is 3. The molecule has 6 nitrogen and oxygen atoms in total. The number of carbonyl (C=O) groups is 3. The maximum absolute atomic E-state index is 12.0. The van der Waals surface area contributed by atoms with E-state index in [-0.39, 0.29) is 24.5 Å². The van der Waals surface area contributed by atoms with Crippen molar-refractivity contribution >= 4 is 45.6 Å². The molecule has 2 aromatic heterocycles. The minimum absolute atomic E-state index is 0.174. The van der Waals surface area contributed by atoms with Crippen molar-refractivity contribution < 1.29 is 19.1 Å². The van der Waals surface area contributed by atoms with Crippen LogP contribution in [0.5, 0.6) is 0 Å². The summed E-state index contributed by atoms with van der Waals surface area (Å²) in [6.45, 7) is 1.82. The summed E-state index contributed by atoms with van der Waals surface area (Å²) < 4.78 is 4.65. The average Bonchev–Trinajstić information content (AvgIpc) is 3.10. The molecular formula is C14H14N2O4S2. The topological polar surface area (TPSA) is 84.5 Å². The van der Waals surface area contributed by atoms with Gasteiger partial charge in [-0.2, -0.15) is 0 Å². The highest BCUT2D eigenvalue weighted by molar-refractivity contribution is 7.14. The van der Waals surface area contributed by atoms with Crippen LogP contribution in [0.4, 0.5) is 9.80 Å². The first-order chi connectivity index (χ1) is 10.6. The summed E-state index contributed by atoms with van der Waals surface area (Å²) in [7, 11) is 0. The molecular weight excluding hydrogens is 324 g/mol. The summed E-state index contributed by atoms with van der Waals surface area (Å²) in [4.78, 5) is 36.1. The third-order valence-electron chi connectivity index (χ3n) is 2.57. The first-order valence-corrected chi connectivity index (χ1v) is 8.24. The molecule has 2 N–H and O–H groups in total. The van der Waals surface area contributed by atoms with Crippen LogP contribution in [0.2, 0.25) is 0 Å². The molecule has 0 spiro atoms. The predicted molar refractivity (Wildman–Crippen MR) is 85.5 cm³/mol. The van der Waals surface area contributed by atoms with E-state index in [9.17, 15) is 14.4 Å².